The zero-order valence-electron chi connectivity index (χ0n) is 55.7. The molecule has 0 aliphatic carbocycles. The van der Waals surface area contributed by atoms with Gasteiger partial charge in [-0.1, -0.05) is 282 Å². The maximum atomic E-state index is 12.9. The Hall–Kier alpha value is -4.11. The molecule has 0 radical (unpaired) electrons. The molecule has 0 fully saturated rings. The van der Waals surface area contributed by atoms with E-state index < -0.39 is 26.5 Å². The summed E-state index contributed by atoms with van der Waals surface area (Å²) in [6, 6.07) is 0. The van der Waals surface area contributed by atoms with Gasteiger partial charge in [0.1, 0.15) is 19.8 Å². The third-order valence-electron chi connectivity index (χ3n) is 14.4. The van der Waals surface area contributed by atoms with E-state index in [2.05, 4.69) is 160 Å². The molecule has 0 aliphatic rings. The molecule has 0 saturated carbocycles. The van der Waals surface area contributed by atoms with Crippen LogP contribution in [0.1, 0.15) is 271 Å². The summed E-state index contributed by atoms with van der Waals surface area (Å²) in [5, 5.41) is 0. The summed E-state index contributed by atoms with van der Waals surface area (Å²) < 4.78 is 34.7. The van der Waals surface area contributed by atoms with Gasteiger partial charge in [-0.25, -0.2) is 4.57 Å². The molecule has 0 heterocycles. The first kappa shape index (κ1) is 81.9. The summed E-state index contributed by atoms with van der Waals surface area (Å²) in [6.45, 7) is 4.30. The van der Waals surface area contributed by atoms with Crippen LogP contribution in [0.2, 0.25) is 0 Å². The summed E-state index contributed by atoms with van der Waals surface area (Å²) in [5.74, 6) is -0.813. The van der Waals surface area contributed by atoms with Crippen molar-refractivity contribution >= 4 is 19.8 Å². The Labute approximate surface area is 529 Å². The quantitative estimate of drug-likeness (QED) is 0.0211. The third-order valence-corrected chi connectivity index (χ3v) is 15.3. The highest BCUT2D eigenvalue weighted by molar-refractivity contribution is 7.47. The van der Waals surface area contributed by atoms with E-state index in [1.165, 1.54) is 122 Å². The summed E-state index contributed by atoms with van der Waals surface area (Å²) in [7, 11) is 1.46. The molecule has 0 aliphatic heterocycles. The standard InChI is InChI=1S/C76H128NO8P/c1-6-8-10-12-14-16-18-20-22-24-26-28-30-32-33-34-35-36-37-38-39-40-41-42-43-45-47-49-51-53-55-57-59-61-63-65-67-69-76(79)85-74(73-84-86(80,81)83-71-70-77(3,4)5)72-82-75(78)68-66-64-62-60-58-56-54-52-50-48-46-44-31-29-27-25-23-21-19-17-15-13-11-9-7-2/h8,10,14,16,19-22,25-28,31-33,35-36,38-39,41-42,44-45,47,74H,6-7,9,11-13,15,17-18,23-24,29-30,34,37,40,43,46,48-73H2,1-5H3/p+1/b10-8-,16-14-,21-19-,22-20-,27-25-,28-26-,33-32-,36-35-,39-38-,42-41-,44-31-,47-45-. The van der Waals surface area contributed by atoms with Crippen molar-refractivity contribution in [2.24, 2.45) is 0 Å². The zero-order chi connectivity index (χ0) is 62.6. The second-order valence-electron chi connectivity index (χ2n) is 23.8. The molecule has 86 heavy (non-hydrogen) atoms. The van der Waals surface area contributed by atoms with Crippen LogP contribution in [-0.4, -0.2) is 74.9 Å². The Morgan fingerprint density at radius 3 is 0.988 bits per heavy atom. The van der Waals surface area contributed by atoms with Gasteiger partial charge in [-0.2, -0.15) is 0 Å². The van der Waals surface area contributed by atoms with E-state index in [0.29, 0.717) is 17.4 Å². The number of ether oxygens (including phenoxy) is 2. The molecule has 0 amide bonds. The molecule has 0 bridgehead atoms. The molecule has 2 atom stereocenters. The lowest BCUT2D eigenvalue weighted by Gasteiger charge is -2.24. The lowest BCUT2D eigenvalue weighted by molar-refractivity contribution is -0.870. The lowest BCUT2D eigenvalue weighted by atomic mass is 10.0. The normalized spacial score (nSPS) is 14.1. The fourth-order valence-corrected chi connectivity index (χ4v) is 9.82. The molecule has 9 nitrogen and oxygen atoms in total. The van der Waals surface area contributed by atoms with E-state index in [1.54, 1.807) is 0 Å². The lowest BCUT2D eigenvalue weighted by Crippen LogP contribution is -2.37. The van der Waals surface area contributed by atoms with Crippen molar-refractivity contribution in [3.63, 3.8) is 0 Å². The van der Waals surface area contributed by atoms with Crippen molar-refractivity contribution in [2.45, 2.75) is 277 Å². The first-order chi connectivity index (χ1) is 42.0. The third kappa shape index (κ3) is 69.0. The first-order valence-corrected chi connectivity index (χ1v) is 36.1. The summed E-state index contributed by atoms with van der Waals surface area (Å²) in [5.41, 5.74) is 0. The van der Waals surface area contributed by atoms with E-state index in [9.17, 15) is 19.0 Å². The van der Waals surface area contributed by atoms with E-state index in [0.717, 1.165) is 116 Å². The predicted molar refractivity (Wildman–Crippen MR) is 371 cm³/mol. The molecule has 490 valence electrons. The van der Waals surface area contributed by atoms with E-state index in [1.807, 2.05) is 21.1 Å². The number of phosphoric ester groups is 1. The Morgan fingerprint density at radius 1 is 0.372 bits per heavy atom. The Balaban J connectivity index is 4.14. The van der Waals surface area contributed by atoms with Gasteiger partial charge in [-0.05, 0) is 122 Å². The molecule has 0 saturated heterocycles. The molecule has 1 N–H and O–H groups in total. The van der Waals surface area contributed by atoms with Crippen molar-refractivity contribution in [1.29, 1.82) is 0 Å². The van der Waals surface area contributed by atoms with E-state index in [4.69, 9.17) is 18.5 Å². The van der Waals surface area contributed by atoms with Crippen molar-refractivity contribution in [3.8, 4) is 0 Å². The van der Waals surface area contributed by atoms with Crippen LogP contribution in [0.3, 0.4) is 0 Å². The number of nitrogens with zero attached hydrogens (tertiary/aromatic N) is 1. The van der Waals surface area contributed by atoms with Crippen LogP contribution in [0.25, 0.3) is 0 Å². The van der Waals surface area contributed by atoms with Gasteiger partial charge in [0.2, 0.25) is 0 Å². The molecule has 10 heteroatoms. The summed E-state index contributed by atoms with van der Waals surface area (Å²) in [4.78, 5) is 35.9. The second kappa shape index (κ2) is 65.3. The SMILES string of the molecule is CC/C=C\C/C=C\C/C=C\C/C=C\C/C=C\C/C=C\C/C=C\C/C=C\C/C=C\CCCCCCCCCCCC(=O)OC(COC(=O)CCCCCCCCCCCC/C=C\C/C=C\C/C=C\CCCCCCC)COP(=O)(O)OCC[N+](C)(C)C. The Bertz CT molecular complexity index is 1960. The monoisotopic (exact) mass is 1210 g/mol. The van der Waals surface area contributed by atoms with Crippen LogP contribution in [0.5, 0.6) is 0 Å². The highest BCUT2D eigenvalue weighted by Crippen LogP contribution is 2.43. The van der Waals surface area contributed by atoms with Crippen molar-refractivity contribution in [3.05, 3.63) is 146 Å². The first-order valence-electron chi connectivity index (χ1n) is 34.6. The molecular formula is C76H129NO8P+. The summed E-state index contributed by atoms with van der Waals surface area (Å²) >= 11 is 0. The zero-order valence-corrected chi connectivity index (χ0v) is 56.6. The van der Waals surface area contributed by atoms with Gasteiger partial charge in [0.05, 0.1) is 27.7 Å². The highest BCUT2D eigenvalue weighted by atomic mass is 31.2. The van der Waals surface area contributed by atoms with Gasteiger partial charge < -0.3 is 18.9 Å². The van der Waals surface area contributed by atoms with Crippen LogP contribution < -0.4 is 0 Å². The van der Waals surface area contributed by atoms with Crippen LogP contribution >= 0.6 is 7.82 Å². The predicted octanol–water partition coefficient (Wildman–Crippen LogP) is 22.6. The van der Waals surface area contributed by atoms with E-state index in [-0.39, 0.29) is 32.0 Å². The van der Waals surface area contributed by atoms with Gasteiger partial charge in [0, 0.05) is 12.8 Å². The van der Waals surface area contributed by atoms with Crippen molar-refractivity contribution in [1.82, 2.24) is 0 Å². The van der Waals surface area contributed by atoms with Crippen molar-refractivity contribution in [2.75, 3.05) is 47.5 Å². The minimum absolute atomic E-state index is 0.0228. The number of esters is 2. The van der Waals surface area contributed by atoms with Gasteiger partial charge in [0.15, 0.2) is 6.10 Å². The molecule has 0 spiro atoms. The van der Waals surface area contributed by atoms with Crippen LogP contribution in [0.4, 0.5) is 0 Å². The van der Waals surface area contributed by atoms with Gasteiger partial charge in [-0.15, -0.1) is 0 Å². The number of quaternary nitrogens is 1. The maximum Gasteiger partial charge on any atom is 0.472 e. The largest absolute Gasteiger partial charge is 0.472 e. The average molecular weight is 1220 g/mol. The van der Waals surface area contributed by atoms with Crippen LogP contribution in [0, 0.1) is 0 Å². The van der Waals surface area contributed by atoms with Crippen LogP contribution in [0.15, 0.2) is 146 Å². The number of hydrogen-bond donors (Lipinski definition) is 1. The number of unbranched alkanes of at least 4 members (excludes halogenated alkanes) is 24. The second-order valence-corrected chi connectivity index (χ2v) is 25.3. The Kier molecular flexibility index (Phi) is 62.2. The number of allylic oxidation sites excluding steroid dienone is 24. The van der Waals surface area contributed by atoms with Crippen molar-refractivity contribution < 1.29 is 42.1 Å². The van der Waals surface area contributed by atoms with Crippen LogP contribution in [-0.2, 0) is 32.7 Å². The number of rotatable bonds is 62. The molecular weight excluding hydrogens is 1090 g/mol. The minimum atomic E-state index is -4.40. The molecule has 0 aromatic rings. The maximum absolute atomic E-state index is 12.9. The van der Waals surface area contributed by atoms with Gasteiger partial charge in [0.25, 0.3) is 0 Å². The molecule has 2 unspecified atom stereocenters. The topological polar surface area (TPSA) is 108 Å². The molecule has 0 rings (SSSR count). The molecule has 0 aromatic carbocycles. The number of phosphoric acid groups is 1. The fraction of sp³-hybridized carbons (Fsp3) is 0.658. The van der Waals surface area contributed by atoms with E-state index >= 15 is 0 Å². The van der Waals surface area contributed by atoms with Gasteiger partial charge >= 0.3 is 19.8 Å². The number of likely N-dealkylation sites (N-methyl/N-ethyl adjacent to an activating group) is 1. The number of carbonyl (C=O) groups is 2. The highest BCUT2D eigenvalue weighted by Gasteiger charge is 2.27. The fourth-order valence-electron chi connectivity index (χ4n) is 9.07. The molecule has 0 aromatic heterocycles. The smallest absolute Gasteiger partial charge is 0.462 e. The Morgan fingerprint density at radius 2 is 0.663 bits per heavy atom. The minimum Gasteiger partial charge on any atom is -0.462 e. The number of carbonyl (C=O) groups excluding carboxylic acids is 2. The average Bonchev–Trinajstić information content (AvgIpc) is 3.67. The number of hydrogen-bond acceptors (Lipinski definition) is 7. The van der Waals surface area contributed by atoms with Gasteiger partial charge in [-0.3, -0.25) is 18.6 Å². The summed E-state index contributed by atoms with van der Waals surface area (Å²) in [6.07, 6.45) is 96.5.